The third-order valence-corrected chi connectivity index (χ3v) is 2.75. The maximum Gasteiger partial charge on any atom is 0.242 e. The second-order valence-electron chi connectivity index (χ2n) is 4.01. The average molecular weight is 239 g/mol. The quantitative estimate of drug-likeness (QED) is 0.606. The molecule has 0 aliphatic rings. The number of nitrogens with zero attached hydrogens (tertiary/aromatic N) is 1. The van der Waals surface area contributed by atoms with Crippen molar-refractivity contribution in [2.75, 3.05) is 0 Å². The van der Waals surface area contributed by atoms with Crippen molar-refractivity contribution in [2.24, 2.45) is 0 Å². The molecular formula is C15H13NO2. The molecule has 90 valence electrons. The highest BCUT2D eigenvalue weighted by Crippen LogP contribution is 2.25. The molecule has 0 radical (unpaired) electrons. The number of rotatable bonds is 3. The first-order valence-corrected chi connectivity index (χ1v) is 5.65. The summed E-state index contributed by atoms with van der Waals surface area (Å²) in [5.41, 5.74) is 3.40. The van der Waals surface area contributed by atoms with E-state index in [1.165, 1.54) is 0 Å². The van der Waals surface area contributed by atoms with Gasteiger partial charge >= 0.3 is 0 Å². The van der Waals surface area contributed by atoms with Gasteiger partial charge in [-0.2, -0.15) is 0 Å². The Balaban J connectivity index is 2.59. The summed E-state index contributed by atoms with van der Waals surface area (Å²) in [6, 6.07) is 17.1. The molecule has 2 aromatic carbocycles. The monoisotopic (exact) mass is 239 g/mol. The normalized spacial score (nSPS) is 11.3. The SMILES string of the molecule is Cc1ccccc1/C(=C/[N+](=O)[O-])c1ccccc1. The van der Waals surface area contributed by atoms with Gasteiger partial charge in [-0.25, -0.2) is 0 Å². The van der Waals surface area contributed by atoms with Gasteiger partial charge in [0.1, 0.15) is 0 Å². The van der Waals surface area contributed by atoms with E-state index in [9.17, 15) is 10.1 Å². The fourth-order valence-corrected chi connectivity index (χ4v) is 1.90. The summed E-state index contributed by atoms with van der Waals surface area (Å²) in [5.74, 6) is 0. The Hall–Kier alpha value is -2.42. The van der Waals surface area contributed by atoms with E-state index < -0.39 is 4.92 Å². The predicted octanol–water partition coefficient (Wildman–Crippen LogP) is 3.66. The van der Waals surface area contributed by atoms with E-state index in [-0.39, 0.29) is 0 Å². The predicted molar refractivity (Wildman–Crippen MR) is 71.7 cm³/mol. The fourth-order valence-electron chi connectivity index (χ4n) is 1.90. The largest absolute Gasteiger partial charge is 0.259 e. The molecule has 0 aromatic heterocycles. The van der Waals surface area contributed by atoms with Crippen LogP contribution in [0.1, 0.15) is 16.7 Å². The van der Waals surface area contributed by atoms with Gasteiger partial charge < -0.3 is 0 Å². The molecule has 0 saturated heterocycles. The van der Waals surface area contributed by atoms with E-state index in [1.54, 1.807) is 0 Å². The Labute approximate surface area is 106 Å². The van der Waals surface area contributed by atoms with Crippen LogP contribution in [0.3, 0.4) is 0 Å². The van der Waals surface area contributed by atoms with Crippen molar-refractivity contribution in [3.05, 3.63) is 87.6 Å². The zero-order valence-corrected chi connectivity index (χ0v) is 10.0. The van der Waals surface area contributed by atoms with E-state index in [2.05, 4.69) is 0 Å². The summed E-state index contributed by atoms with van der Waals surface area (Å²) in [5, 5.41) is 10.8. The van der Waals surface area contributed by atoms with Crippen molar-refractivity contribution >= 4 is 5.57 Å². The second-order valence-corrected chi connectivity index (χ2v) is 4.01. The Bertz CT molecular complexity index is 588. The molecular weight excluding hydrogens is 226 g/mol. The maximum atomic E-state index is 10.8. The van der Waals surface area contributed by atoms with Crippen LogP contribution >= 0.6 is 0 Å². The van der Waals surface area contributed by atoms with Crippen LogP contribution < -0.4 is 0 Å². The first kappa shape index (κ1) is 12.0. The standard InChI is InChI=1S/C15H13NO2/c1-12-7-5-6-10-14(12)15(11-16(17)18)13-8-3-2-4-9-13/h2-11H,1H3/b15-11+. The van der Waals surface area contributed by atoms with E-state index >= 15 is 0 Å². The lowest BCUT2D eigenvalue weighted by atomic mass is 9.95. The number of benzene rings is 2. The number of hydrogen-bond acceptors (Lipinski definition) is 2. The van der Waals surface area contributed by atoms with Crippen molar-refractivity contribution in [3.63, 3.8) is 0 Å². The van der Waals surface area contributed by atoms with Gasteiger partial charge in [0.2, 0.25) is 6.20 Å². The Morgan fingerprint density at radius 1 is 1.06 bits per heavy atom. The minimum Gasteiger partial charge on any atom is -0.259 e. The molecule has 2 rings (SSSR count). The Morgan fingerprint density at radius 3 is 2.28 bits per heavy atom. The topological polar surface area (TPSA) is 43.1 Å². The first-order valence-electron chi connectivity index (χ1n) is 5.65. The smallest absolute Gasteiger partial charge is 0.242 e. The zero-order valence-electron chi connectivity index (χ0n) is 10.0. The number of nitro groups is 1. The van der Waals surface area contributed by atoms with Crippen LogP contribution in [0.4, 0.5) is 0 Å². The zero-order chi connectivity index (χ0) is 13.0. The third-order valence-electron chi connectivity index (χ3n) is 2.75. The molecule has 0 aliphatic carbocycles. The molecule has 0 spiro atoms. The summed E-state index contributed by atoms with van der Waals surface area (Å²) in [6.45, 7) is 1.95. The molecule has 0 saturated carbocycles. The first-order chi connectivity index (χ1) is 8.68. The molecule has 18 heavy (non-hydrogen) atoms. The average Bonchev–Trinajstić information content (AvgIpc) is 2.38. The van der Waals surface area contributed by atoms with Crippen LogP contribution in [0.2, 0.25) is 0 Å². The number of aryl methyl sites for hydroxylation is 1. The molecule has 0 atom stereocenters. The highest BCUT2D eigenvalue weighted by molar-refractivity contribution is 5.80. The van der Waals surface area contributed by atoms with Gasteiger partial charge in [0.05, 0.1) is 10.5 Å². The lowest BCUT2D eigenvalue weighted by Gasteiger charge is -2.08. The summed E-state index contributed by atoms with van der Waals surface area (Å²) in [4.78, 5) is 10.4. The van der Waals surface area contributed by atoms with Crippen molar-refractivity contribution in [2.45, 2.75) is 6.92 Å². The van der Waals surface area contributed by atoms with Crippen LogP contribution in [0, 0.1) is 17.0 Å². The van der Waals surface area contributed by atoms with Gasteiger partial charge in [-0.3, -0.25) is 10.1 Å². The summed E-state index contributed by atoms with van der Waals surface area (Å²) in [7, 11) is 0. The van der Waals surface area contributed by atoms with Crippen molar-refractivity contribution < 1.29 is 4.92 Å². The van der Waals surface area contributed by atoms with Gasteiger partial charge in [0.15, 0.2) is 0 Å². The molecule has 0 amide bonds. The van der Waals surface area contributed by atoms with E-state index in [1.807, 2.05) is 61.5 Å². The number of hydrogen-bond donors (Lipinski definition) is 0. The minimum atomic E-state index is -0.408. The summed E-state index contributed by atoms with van der Waals surface area (Å²) >= 11 is 0. The van der Waals surface area contributed by atoms with Gasteiger partial charge in [-0.05, 0) is 23.6 Å². The molecule has 0 unspecified atom stereocenters. The molecule has 0 bridgehead atoms. The minimum absolute atomic E-state index is 0.408. The molecule has 2 aromatic rings. The van der Waals surface area contributed by atoms with Gasteiger partial charge in [-0.15, -0.1) is 0 Å². The van der Waals surface area contributed by atoms with Gasteiger partial charge in [0.25, 0.3) is 0 Å². The van der Waals surface area contributed by atoms with Gasteiger partial charge in [-0.1, -0.05) is 54.6 Å². The Kier molecular flexibility index (Phi) is 3.53. The lowest BCUT2D eigenvalue weighted by molar-refractivity contribution is -0.401. The molecule has 0 N–H and O–H groups in total. The van der Waals surface area contributed by atoms with E-state index in [0.717, 1.165) is 22.9 Å². The van der Waals surface area contributed by atoms with Crippen LogP contribution in [0.25, 0.3) is 5.57 Å². The highest BCUT2D eigenvalue weighted by atomic mass is 16.6. The van der Waals surface area contributed by atoms with Crippen molar-refractivity contribution in [1.82, 2.24) is 0 Å². The second kappa shape index (κ2) is 5.27. The maximum absolute atomic E-state index is 10.8. The molecule has 3 heteroatoms. The van der Waals surface area contributed by atoms with Crippen LogP contribution in [0.5, 0.6) is 0 Å². The molecule has 0 aliphatic heterocycles. The Morgan fingerprint density at radius 2 is 1.67 bits per heavy atom. The van der Waals surface area contributed by atoms with E-state index in [0.29, 0.717) is 5.57 Å². The summed E-state index contributed by atoms with van der Waals surface area (Å²) < 4.78 is 0. The van der Waals surface area contributed by atoms with E-state index in [4.69, 9.17) is 0 Å². The molecule has 3 nitrogen and oxygen atoms in total. The lowest BCUT2D eigenvalue weighted by Crippen LogP contribution is -1.95. The van der Waals surface area contributed by atoms with Crippen molar-refractivity contribution in [1.29, 1.82) is 0 Å². The van der Waals surface area contributed by atoms with Crippen LogP contribution in [0.15, 0.2) is 60.8 Å². The van der Waals surface area contributed by atoms with Crippen LogP contribution in [-0.2, 0) is 0 Å². The summed E-state index contributed by atoms with van der Waals surface area (Å²) in [6.07, 6.45) is 1.07. The highest BCUT2D eigenvalue weighted by Gasteiger charge is 2.11. The van der Waals surface area contributed by atoms with Gasteiger partial charge in [0, 0.05) is 0 Å². The fraction of sp³-hybridized carbons (Fsp3) is 0.0667. The van der Waals surface area contributed by atoms with Crippen molar-refractivity contribution in [3.8, 4) is 0 Å². The van der Waals surface area contributed by atoms with Crippen LogP contribution in [-0.4, -0.2) is 4.92 Å². The third kappa shape index (κ3) is 2.63. The molecule has 0 heterocycles. The molecule has 0 fully saturated rings.